The van der Waals surface area contributed by atoms with Crippen LogP contribution in [0.15, 0.2) is 0 Å². The van der Waals surface area contributed by atoms with Crippen LogP contribution in [0.3, 0.4) is 0 Å². The fraction of sp³-hybridized carbons (Fsp3) is 0.867. The third kappa shape index (κ3) is 3.10. The van der Waals surface area contributed by atoms with Crippen molar-refractivity contribution >= 4 is 11.8 Å². The summed E-state index contributed by atoms with van der Waals surface area (Å²) < 4.78 is 0. The van der Waals surface area contributed by atoms with Gasteiger partial charge in [-0.1, -0.05) is 0 Å². The number of hydrogen-bond donors (Lipinski definition) is 0. The van der Waals surface area contributed by atoms with Crippen LogP contribution in [0.2, 0.25) is 0 Å². The number of amides is 2. The van der Waals surface area contributed by atoms with Crippen LogP contribution in [-0.4, -0.2) is 47.8 Å². The van der Waals surface area contributed by atoms with E-state index in [1.165, 1.54) is 12.8 Å². The lowest BCUT2D eigenvalue weighted by molar-refractivity contribution is -0.140. The van der Waals surface area contributed by atoms with Crippen molar-refractivity contribution in [2.45, 2.75) is 44.9 Å². The van der Waals surface area contributed by atoms with Crippen molar-refractivity contribution in [3.05, 3.63) is 0 Å². The second kappa shape index (κ2) is 5.51. The number of hydrogen-bond acceptors (Lipinski definition) is 2. The Morgan fingerprint density at radius 1 is 0.895 bits per heavy atom. The fourth-order valence-electron chi connectivity index (χ4n) is 3.30. The molecule has 2 aliphatic heterocycles. The van der Waals surface area contributed by atoms with Gasteiger partial charge in [-0.2, -0.15) is 0 Å². The van der Waals surface area contributed by atoms with E-state index in [-0.39, 0.29) is 11.8 Å². The zero-order valence-corrected chi connectivity index (χ0v) is 11.6. The van der Waals surface area contributed by atoms with E-state index in [1.807, 2.05) is 9.80 Å². The molecule has 3 rings (SSSR count). The molecule has 0 bridgehead atoms. The van der Waals surface area contributed by atoms with Gasteiger partial charge in [-0.05, 0) is 44.4 Å². The van der Waals surface area contributed by atoms with Crippen LogP contribution in [0, 0.1) is 11.8 Å². The minimum atomic E-state index is 0.0648. The van der Waals surface area contributed by atoms with Crippen molar-refractivity contribution in [3.8, 4) is 0 Å². The number of piperidine rings is 1. The van der Waals surface area contributed by atoms with Gasteiger partial charge >= 0.3 is 0 Å². The minimum Gasteiger partial charge on any atom is -0.342 e. The molecule has 1 saturated carbocycles. The van der Waals surface area contributed by atoms with Crippen LogP contribution < -0.4 is 0 Å². The van der Waals surface area contributed by atoms with Crippen LogP contribution in [-0.2, 0) is 9.59 Å². The maximum absolute atomic E-state index is 12.4. The Hall–Kier alpha value is -1.06. The Morgan fingerprint density at radius 3 is 2.26 bits per heavy atom. The summed E-state index contributed by atoms with van der Waals surface area (Å²) in [5.41, 5.74) is 0. The zero-order chi connectivity index (χ0) is 13.2. The summed E-state index contributed by atoms with van der Waals surface area (Å²) in [4.78, 5) is 28.5. The van der Waals surface area contributed by atoms with Crippen LogP contribution in [0.4, 0.5) is 0 Å². The van der Waals surface area contributed by atoms with Crippen molar-refractivity contribution in [1.82, 2.24) is 9.80 Å². The summed E-state index contributed by atoms with van der Waals surface area (Å²) in [6.07, 6.45) is 7.38. The first kappa shape index (κ1) is 12.9. The molecule has 3 aliphatic rings. The van der Waals surface area contributed by atoms with Crippen molar-refractivity contribution in [3.63, 3.8) is 0 Å². The molecule has 2 saturated heterocycles. The summed E-state index contributed by atoms with van der Waals surface area (Å²) in [6.45, 7) is 3.37. The van der Waals surface area contributed by atoms with E-state index in [1.54, 1.807) is 0 Å². The predicted molar refractivity (Wildman–Crippen MR) is 72.5 cm³/mol. The van der Waals surface area contributed by atoms with E-state index < -0.39 is 0 Å². The highest BCUT2D eigenvalue weighted by Gasteiger charge is 2.33. The molecule has 0 aromatic rings. The second-order valence-electron chi connectivity index (χ2n) is 6.36. The van der Waals surface area contributed by atoms with Gasteiger partial charge in [0.2, 0.25) is 11.8 Å². The van der Waals surface area contributed by atoms with Crippen molar-refractivity contribution in [2.75, 3.05) is 26.2 Å². The molecule has 19 heavy (non-hydrogen) atoms. The molecule has 0 unspecified atom stereocenters. The van der Waals surface area contributed by atoms with E-state index in [4.69, 9.17) is 0 Å². The summed E-state index contributed by atoms with van der Waals surface area (Å²) >= 11 is 0. The van der Waals surface area contributed by atoms with Crippen molar-refractivity contribution in [1.29, 1.82) is 0 Å². The molecule has 2 heterocycles. The third-order valence-electron chi connectivity index (χ3n) is 4.70. The Labute approximate surface area is 115 Å². The van der Waals surface area contributed by atoms with Crippen molar-refractivity contribution < 1.29 is 9.59 Å². The molecule has 0 aromatic carbocycles. The van der Waals surface area contributed by atoms with Gasteiger partial charge < -0.3 is 9.80 Å². The number of nitrogens with zero attached hydrogens (tertiary/aromatic N) is 2. The van der Waals surface area contributed by atoms with Gasteiger partial charge in [0.05, 0.1) is 5.92 Å². The first-order valence-electron chi connectivity index (χ1n) is 7.80. The normalized spacial score (nSPS) is 27.7. The monoisotopic (exact) mass is 264 g/mol. The number of carbonyl (C=O) groups excluding carboxylic acids is 2. The molecule has 0 radical (unpaired) electrons. The van der Waals surface area contributed by atoms with Gasteiger partial charge in [0.1, 0.15) is 0 Å². The minimum absolute atomic E-state index is 0.0648. The smallest absolute Gasteiger partial charge is 0.227 e. The molecule has 2 amide bonds. The molecule has 0 aromatic heterocycles. The van der Waals surface area contributed by atoms with Crippen LogP contribution >= 0.6 is 0 Å². The Balaban J connectivity index is 1.54. The predicted octanol–water partition coefficient (Wildman–Crippen LogP) is 1.65. The summed E-state index contributed by atoms with van der Waals surface area (Å²) in [7, 11) is 0. The molecule has 3 fully saturated rings. The largest absolute Gasteiger partial charge is 0.342 e. The molecule has 1 atom stereocenters. The van der Waals surface area contributed by atoms with Crippen molar-refractivity contribution in [2.24, 2.45) is 11.8 Å². The Bertz CT molecular complexity index is 359. The number of rotatable bonds is 3. The maximum atomic E-state index is 12.4. The van der Waals surface area contributed by atoms with E-state index >= 15 is 0 Å². The summed E-state index contributed by atoms with van der Waals surface area (Å²) in [5.74, 6) is 1.28. The average molecular weight is 264 g/mol. The quantitative estimate of drug-likeness (QED) is 0.777. The molecular formula is C15H24N2O2. The third-order valence-corrected chi connectivity index (χ3v) is 4.70. The molecule has 0 N–H and O–H groups in total. The first-order valence-corrected chi connectivity index (χ1v) is 7.80. The van der Waals surface area contributed by atoms with E-state index in [0.717, 1.165) is 45.3 Å². The molecule has 1 aliphatic carbocycles. The average Bonchev–Trinajstić information content (AvgIpc) is 3.08. The second-order valence-corrected chi connectivity index (χ2v) is 6.36. The SMILES string of the molecule is O=C(CC1CC1)N1CCC[C@@H](C(=O)N2CCCC2)C1. The lowest BCUT2D eigenvalue weighted by Gasteiger charge is -2.34. The van der Waals surface area contributed by atoms with Gasteiger partial charge in [0, 0.05) is 32.6 Å². The topological polar surface area (TPSA) is 40.6 Å². The first-order chi connectivity index (χ1) is 9.24. The number of carbonyl (C=O) groups is 2. The highest BCUT2D eigenvalue weighted by atomic mass is 16.2. The van der Waals surface area contributed by atoms with Gasteiger partial charge in [0.25, 0.3) is 0 Å². The Kier molecular flexibility index (Phi) is 3.76. The van der Waals surface area contributed by atoms with Gasteiger partial charge in [-0.25, -0.2) is 0 Å². The number of likely N-dealkylation sites (tertiary alicyclic amines) is 2. The maximum Gasteiger partial charge on any atom is 0.227 e. The molecule has 4 nitrogen and oxygen atoms in total. The lowest BCUT2D eigenvalue weighted by atomic mass is 9.96. The highest BCUT2D eigenvalue weighted by molar-refractivity contribution is 5.81. The fourth-order valence-corrected chi connectivity index (χ4v) is 3.30. The molecular weight excluding hydrogens is 240 g/mol. The van der Waals surface area contributed by atoms with E-state index in [2.05, 4.69) is 0 Å². The van der Waals surface area contributed by atoms with Gasteiger partial charge in [-0.3, -0.25) is 9.59 Å². The van der Waals surface area contributed by atoms with E-state index in [9.17, 15) is 9.59 Å². The van der Waals surface area contributed by atoms with Gasteiger partial charge in [0.15, 0.2) is 0 Å². The summed E-state index contributed by atoms with van der Waals surface area (Å²) in [5, 5.41) is 0. The molecule has 4 heteroatoms. The van der Waals surface area contributed by atoms with E-state index in [0.29, 0.717) is 24.8 Å². The molecule has 106 valence electrons. The Morgan fingerprint density at radius 2 is 1.58 bits per heavy atom. The zero-order valence-electron chi connectivity index (χ0n) is 11.6. The summed E-state index contributed by atoms with van der Waals surface area (Å²) in [6, 6.07) is 0. The lowest BCUT2D eigenvalue weighted by Crippen LogP contribution is -2.46. The van der Waals surface area contributed by atoms with Gasteiger partial charge in [-0.15, -0.1) is 0 Å². The standard InChI is InChI=1S/C15H24N2O2/c18-14(10-12-5-6-12)17-9-3-4-13(11-17)15(19)16-7-1-2-8-16/h12-13H,1-11H2/t13-/m1/s1. The molecule has 0 spiro atoms. The van der Waals surface area contributed by atoms with Crippen LogP contribution in [0.25, 0.3) is 0 Å². The van der Waals surface area contributed by atoms with Crippen LogP contribution in [0.5, 0.6) is 0 Å². The highest BCUT2D eigenvalue weighted by Crippen LogP contribution is 2.33. The van der Waals surface area contributed by atoms with Crippen LogP contribution in [0.1, 0.15) is 44.9 Å².